The molecule has 0 aromatic heterocycles. The summed E-state index contributed by atoms with van der Waals surface area (Å²) in [4.78, 5) is 2.91. The molecule has 1 aliphatic heterocycles. The van der Waals surface area contributed by atoms with Crippen molar-refractivity contribution < 1.29 is 0 Å². The fourth-order valence-corrected chi connectivity index (χ4v) is 4.84. The fraction of sp³-hybridized carbons (Fsp3) is 1.00. The molecule has 0 aromatic rings. The van der Waals surface area contributed by atoms with Gasteiger partial charge in [0.05, 0.1) is 0 Å². The summed E-state index contributed by atoms with van der Waals surface area (Å²) in [7, 11) is 0. The summed E-state index contributed by atoms with van der Waals surface area (Å²) in [6.45, 7) is 7.19. The Bertz CT molecular complexity index is 278. The van der Waals surface area contributed by atoms with Gasteiger partial charge in [0.15, 0.2) is 0 Å². The summed E-state index contributed by atoms with van der Waals surface area (Å²) in [5.41, 5.74) is 0. The zero-order valence-corrected chi connectivity index (χ0v) is 12.2. The van der Waals surface area contributed by atoms with E-state index < -0.39 is 0 Å². The predicted molar refractivity (Wildman–Crippen MR) is 76.7 cm³/mol. The lowest BCUT2D eigenvalue weighted by Crippen LogP contribution is -2.55. The van der Waals surface area contributed by atoms with Crippen LogP contribution in [0.2, 0.25) is 0 Å². The largest absolute Gasteiger partial charge is 0.313 e. The van der Waals surface area contributed by atoms with Gasteiger partial charge in [0.1, 0.15) is 0 Å². The van der Waals surface area contributed by atoms with Crippen LogP contribution in [-0.4, -0.2) is 36.1 Å². The Morgan fingerprint density at radius 3 is 2.56 bits per heavy atom. The quantitative estimate of drug-likeness (QED) is 0.825. The average molecular weight is 250 g/mol. The first-order valence-electron chi connectivity index (χ1n) is 8.30. The summed E-state index contributed by atoms with van der Waals surface area (Å²) in [5.74, 6) is 2.03. The van der Waals surface area contributed by atoms with E-state index in [2.05, 4.69) is 24.1 Å². The van der Waals surface area contributed by atoms with Crippen molar-refractivity contribution in [3.63, 3.8) is 0 Å². The first-order chi connectivity index (χ1) is 8.81. The number of nitrogens with one attached hydrogen (secondary N) is 1. The predicted octanol–water partition coefficient (Wildman–Crippen LogP) is 3.03. The maximum absolute atomic E-state index is 3.77. The molecule has 2 heteroatoms. The van der Waals surface area contributed by atoms with Gasteiger partial charge in [-0.15, -0.1) is 0 Å². The van der Waals surface area contributed by atoms with E-state index in [0.717, 1.165) is 36.5 Å². The Morgan fingerprint density at radius 2 is 1.94 bits per heavy atom. The number of nitrogens with zero attached hydrogens (tertiary/aromatic N) is 1. The molecular weight excluding hydrogens is 220 g/mol. The second kappa shape index (κ2) is 5.50. The molecule has 3 aliphatic rings. The maximum atomic E-state index is 3.77. The third kappa shape index (κ3) is 2.34. The molecule has 18 heavy (non-hydrogen) atoms. The summed E-state index contributed by atoms with van der Waals surface area (Å²) < 4.78 is 0. The minimum Gasteiger partial charge on any atom is -0.313 e. The highest BCUT2D eigenvalue weighted by Gasteiger charge is 2.44. The molecule has 0 aromatic carbocycles. The molecule has 104 valence electrons. The molecule has 1 saturated heterocycles. The molecule has 3 rings (SSSR count). The molecule has 2 saturated carbocycles. The first kappa shape index (κ1) is 12.9. The van der Waals surface area contributed by atoms with Crippen molar-refractivity contribution in [2.45, 2.75) is 76.9 Å². The van der Waals surface area contributed by atoms with E-state index in [1.54, 1.807) is 0 Å². The van der Waals surface area contributed by atoms with Crippen molar-refractivity contribution >= 4 is 0 Å². The maximum Gasteiger partial charge on any atom is 0.0255 e. The summed E-state index contributed by atoms with van der Waals surface area (Å²) in [6.07, 6.45) is 10.2. The normalized spacial score (nSPS) is 44.7. The monoisotopic (exact) mass is 250 g/mol. The molecule has 5 unspecified atom stereocenters. The van der Waals surface area contributed by atoms with Gasteiger partial charge in [0.2, 0.25) is 0 Å². The number of hydrogen-bond donors (Lipinski definition) is 1. The first-order valence-corrected chi connectivity index (χ1v) is 8.30. The van der Waals surface area contributed by atoms with Crippen LogP contribution in [-0.2, 0) is 0 Å². The highest BCUT2D eigenvalue weighted by Crippen LogP contribution is 2.42. The molecular formula is C16H30N2. The van der Waals surface area contributed by atoms with Gasteiger partial charge in [-0.2, -0.15) is 0 Å². The van der Waals surface area contributed by atoms with Crippen LogP contribution in [0.25, 0.3) is 0 Å². The standard InChI is InChI=1S/C16H30N2/c1-3-12-6-8-15(17-4-2)16(10-12)18-11-13-5-7-14(18)9-13/h12-17H,3-11H2,1-2H3. The van der Waals surface area contributed by atoms with Crippen LogP contribution in [0.4, 0.5) is 0 Å². The second-order valence-corrected chi connectivity index (χ2v) is 6.85. The van der Waals surface area contributed by atoms with Crippen LogP contribution in [0.15, 0.2) is 0 Å². The van der Waals surface area contributed by atoms with Crippen molar-refractivity contribution in [2.24, 2.45) is 11.8 Å². The molecule has 2 nitrogen and oxygen atoms in total. The smallest absolute Gasteiger partial charge is 0.0255 e. The average Bonchev–Trinajstić information content (AvgIpc) is 3.02. The number of fused-ring (bicyclic) bond motifs is 2. The summed E-state index contributed by atoms with van der Waals surface area (Å²) >= 11 is 0. The van der Waals surface area contributed by atoms with Gasteiger partial charge < -0.3 is 5.32 Å². The van der Waals surface area contributed by atoms with Gasteiger partial charge in [-0.1, -0.05) is 20.3 Å². The Balaban J connectivity index is 1.68. The number of piperidine rings is 1. The number of rotatable bonds is 4. The van der Waals surface area contributed by atoms with E-state index in [0.29, 0.717) is 0 Å². The van der Waals surface area contributed by atoms with Crippen LogP contribution in [0.1, 0.15) is 58.8 Å². The van der Waals surface area contributed by atoms with E-state index >= 15 is 0 Å². The van der Waals surface area contributed by atoms with Crippen molar-refractivity contribution in [1.82, 2.24) is 10.2 Å². The molecule has 0 radical (unpaired) electrons. The number of likely N-dealkylation sites (tertiary alicyclic amines) is 1. The fourth-order valence-electron chi connectivity index (χ4n) is 4.84. The lowest BCUT2D eigenvalue weighted by atomic mass is 9.79. The van der Waals surface area contributed by atoms with Gasteiger partial charge in [-0.3, -0.25) is 4.90 Å². The van der Waals surface area contributed by atoms with Gasteiger partial charge in [-0.25, -0.2) is 0 Å². The molecule has 3 fully saturated rings. The number of likely N-dealkylation sites (N-methyl/N-ethyl adjacent to an activating group) is 1. The second-order valence-electron chi connectivity index (χ2n) is 6.85. The highest BCUT2D eigenvalue weighted by atomic mass is 15.2. The zero-order chi connectivity index (χ0) is 12.5. The van der Waals surface area contributed by atoms with Crippen molar-refractivity contribution in [3.05, 3.63) is 0 Å². The Morgan fingerprint density at radius 1 is 1.06 bits per heavy atom. The Labute approximate surface area is 113 Å². The Kier molecular flexibility index (Phi) is 3.95. The van der Waals surface area contributed by atoms with Crippen LogP contribution >= 0.6 is 0 Å². The van der Waals surface area contributed by atoms with Crippen LogP contribution in [0, 0.1) is 11.8 Å². The molecule has 1 heterocycles. The van der Waals surface area contributed by atoms with Gasteiger partial charge in [0.25, 0.3) is 0 Å². The molecule has 0 amide bonds. The van der Waals surface area contributed by atoms with Crippen molar-refractivity contribution in [1.29, 1.82) is 0 Å². The third-order valence-corrected chi connectivity index (χ3v) is 5.85. The van der Waals surface area contributed by atoms with E-state index in [9.17, 15) is 0 Å². The van der Waals surface area contributed by atoms with Gasteiger partial charge in [-0.05, 0) is 56.9 Å². The number of hydrogen-bond acceptors (Lipinski definition) is 2. The molecule has 0 spiro atoms. The van der Waals surface area contributed by atoms with Crippen LogP contribution in [0.5, 0.6) is 0 Å². The third-order valence-electron chi connectivity index (χ3n) is 5.85. The summed E-state index contributed by atoms with van der Waals surface area (Å²) in [5, 5.41) is 3.77. The minimum atomic E-state index is 0.775. The van der Waals surface area contributed by atoms with E-state index in [-0.39, 0.29) is 0 Å². The van der Waals surface area contributed by atoms with Crippen LogP contribution < -0.4 is 5.32 Å². The lowest BCUT2D eigenvalue weighted by Gasteiger charge is -2.44. The molecule has 2 aliphatic carbocycles. The van der Waals surface area contributed by atoms with Gasteiger partial charge in [0, 0.05) is 24.7 Å². The van der Waals surface area contributed by atoms with Gasteiger partial charge >= 0.3 is 0 Å². The molecule has 5 atom stereocenters. The Hall–Kier alpha value is -0.0800. The minimum absolute atomic E-state index is 0.775. The topological polar surface area (TPSA) is 15.3 Å². The molecule has 2 bridgehead atoms. The van der Waals surface area contributed by atoms with Crippen molar-refractivity contribution in [2.75, 3.05) is 13.1 Å². The van der Waals surface area contributed by atoms with Crippen LogP contribution in [0.3, 0.4) is 0 Å². The molecule has 1 N–H and O–H groups in total. The van der Waals surface area contributed by atoms with E-state index in [1.807, 2.05) is 0 Å². The SMILES string of the molecule is CCNC1CCC(CC)CC1N1CC2CCC1C2. The highest BCUT2D eigenvalue weighted by molar-refractivity contribution is 5.00. The van der Waals surface area contributed by atoms with Crippen molar-refractivity contribution in [3.8, 4) is 0 Å². The van der Waals surface area contributed by atoms with E-state index in [4.69, 9.17) is 0 Å². The lowest BCUT2D eigenvalue weighted by molar-refractivity contribution is 0.0700. The van der Waals surface area contributed by atoms with E-state index in [1.165, 1.54) is 51.5 Å². The zero-order valence-electron chi connectivity index (χ0n) is 12.2. The summed E-state index contributed by atoms with van der Waals surface area (Å²) in [6, 6.07) is 2.56.